The van der Waals surface area contributed by atoms with E-state index in [1.807, 2.05) is 0 Å². The maximum absolute atomic E-state index is 12.3. The van der Waals surface area contributed by atoms with Crippen LogP contribution in [0.1, 0.15) is 16.1 Å². The molecule has 1 aromatic heterocycles. The van der Waals surface area contributed by atoms with E-state index in [1.165, 1.54) is 24.3 Å². The molecule has 0 bridgehead atoms. The third-order valence-corrected chi connectivity index (χ3v) is 2.93. The highest BCUT2D eigenvalue weighted by Crippen LogP contribution is 2.22. The van der Waals surface area contributed by atoms with Crippen molar-refractivity contribution in [1.82, 2.24) is 5.16 Å². The highest BCUT2D eigenvalue weighted by Gasteiger charge is 2.18. The van der Waals surface area contributed by atoms with Crippen LogP contribution in [0.3, 0.4) is 0 Å². The fraction of sp³-hybridized carbons (Fsp3) is 0. The van der Waals surface area contributed by atoms with Crippen LogP contribution in [0.15, 0.2) is 53.1 Å². The number of ketones is 1. The standard InChI is InChI=1S/C14H8N2O4/c17-13(9-5-7-10(8-6-9)16(18)19)14-11-3-1-2-4-12(11)15-20-14/h1-8H. The van der Waals surface area contributed by atoms with Crippen molar-refractivity contribution in [2.75, 3.05) is 0 Å². The number of nitrogens with zero attached hydrogens (tertiary/aromatic N) is 2. The van der Waals surface area contributed by atoms with Crippen LogP contribution in [0, 0.1) is 10.1 Å². The molecule has 6 heteroatoms. The van der Waals surface area contributed by atoms with Gasteiger partial charge in [-0.25, -0.2) is 0 Å². The lowest BCUT2D eigenvalue weighted by Crippen LogP contribution is -2.00. The van der Waals surface area contributed by atoms with Gasteiger partial charge in [0.15, 0.2) is 0 Å². The zero-order valence-corrected chi connectivity index (χ0v) is 10.1. The zero-order chi connectivity index (χ0) is 14.1. The maximum Gasteiger partial charge on any atom is 0.269 e. The molecule has 0 aliphatic heterocycles. The average molecular weight is 268 g/mol. The minimum absolute atomic E-state index is 0.0658. The first-order valence-electron chi connectivity index (χ1n) is 5.80. The summed E-state index contributed by atoms with van der Waals surface area (Å²) in [6, 6.07) is 12.4. The number of aromatic nitrogens is 1. The largest absolute Gasteiger partial charge is 0.351 e. The molecule has 0 radical (unpaired) electrons. The lowest BCUT2D eigenvalue weighted by atomic mass is 10.1. The summed E-state index contributed by atoms with van der Waals surface area (Å²) in [7, 11) is 0. The van der Waals surface area contributed by atoms with Gasteiger partial charge in [0.25, 0.3) is 5.69 Å². The summed E-state index contributed by atoms with van der Waals surface area (Å²) in [5.74, 6) is -0.219. The molecule has 20 heavy (non-hydrogen) atoms. The summed E-state index contributed by atoms with van der Waals surface area (Å²) in [6.07, 6.45) is 0. The van der Waals surface area contributed by atoms with Crippen molar-refractivity contribution < 1.29 is 14.2 Å². The number of carbonyl (C=O) groups excluding carboxylic acids is 1. The van der Waals surface area contributed by atoms with Crippen molar-refractivity contribution in [3.63, 3.8) is 0 Å². The average Bonchev–Trinajstić information content (AvgIpc) is 2.90. The van der Waals surface area contributed by atoms with Crippen molar-refractivity contribution >= 4 is 22.4 Å². The Labute approximate surface area is 112 Å². The van der Waals surface area contributed by atoms with Gasteiger partial charge in [0.2, 0.25) is 11.5 Å². The van der Waals surface area contributed by atoms with Crippen LogP contribution >= 0.6 is 0 Å². The van der Waals surface area contributed by atoms with Crippen molar-refractivity contribution in [3.05, 3.63) is 70.0 Å². The Morgan fingerprint density at radius 2 is 1.80 bits per heavy atom. The summed E-state index contributed by atoms with van der Waals surface area (Å²) in [5, 5.41) is 15.0. The highest BCUT2D eigenvalue weighted by molar-refractivity contribution is 6.13. The van der Waals surface area contributed by atoms with Crippen molar-refractivity contribution in [1.29, 1.82) is 0 Å². The molecule has 3 aromatic rings. The predicted octanol–water partition coefficient (Wildman–Crippen LogP) is 2.97. The van der Waals surface area contributed by atoms with Crippen molar-refractivity contribution in [2.24, 2.45) is 0 Å². The van der Waals surface area contributed by atoms with E-state index in [-0.39, 0.29) is 17.2 Å². The Kier molecular flexibility index (Phi) is 2.76. The Morgan fingerprint density at radius 3 is 2.50 bits per heavy atom. The van der Waals surface area contributed by atoms with E-state index in [0.717, 1.165) is 0 Å². The summed E-state index contributed by atoms with van der Waals surface area (Å²) < 4.78 is 5.08. The predicted molar refractivity (Wildman–Crippen MR) is 70.5 cm³/mol. The molecule has 0 aliphatic rings. The minimum Gasteiger partial charge on any atom is -0.351 e. The normalized spacial score (nSPS) is 10.6. The number of hydrogen-bond acceptors (Lipinski definition) is 5. The van der Waals surface area contributed by atoms with E-state index >= 15 is 0 Å². The van der Waals surface area contributed by atoms with Crippen LogP contribution < -0.4 is 0 Å². The number of non-ortho nitro benzene ring substituents is 1. The van der Waals surface area contributed by atoms with Gasteiger partial charge in [-0.3, -0.25) is 14.9 Å². The first-order valence-corrected chi connectivity index (χ1v) is 5.80. The highest BCUT2D eigenvalue weighted by atomic mass is 16.6. The first-order chi connectivity index (χ1) is 9.66. The molecule has 0 saturated carbocycles. The summed E-state index contributed by atoms with van der Waals surface area (Å²) >= 11 is 0. The molecule has 3 rings (SSSR count). The Bertz CT molecular complexity index is 805. The van der Waals surface area contributed by atoms with Gasteiger partial charge < -0.3 is 4.52 Å². The number of fused-ring (bicyclic) bond motifs is 1. The van der Waals surface area contributed by atoms with Gasteiger partial charge in [-0.05, 0) is 24.3 Å². The Morgan fingerprint density at radius 1 is 1.10 bits per heavy atom. The van der Waals surface area contributed by atoms with Gasteiger partial charge in [-0.2, -0.15) is 0 Å². The number of nitro benzene ring substituents is 1. The number of nitro groups is 1. The quantitative estimate of drug-likeness (QED) is 0.414. The molecule has 0 atom stereocenters. The maximum atomic E-state index is 12.3. The van der Waals surface area contributed by atoms with Gasteiger partial charge in [-0.1, -0.05) is 17.3 Å². The number of benzene rings is 2. The molecule has 1 heterocycles. The molecular weight excluding hydrogens is 260 g/mol. The Hall–Kier alpha value is -3.02. The van der Waals surface area contributed by atoms with Crippen LogP contribution in [0.5, 0.6) is 0 Å². The van der Waals surface area contributed by atoms with Crippen LogP contribution in [-0.2, 0) is 0 Å². The summed E-state index contributed by atoms with van der Waals surface area (Å²) in [5.41, 5.74) is 0.847. The zero-order valence-electron chi connectivity index (χ0n) is 10.1. The second-order valence-electron chi connectivity index (χ2n) is 4.16. The van der Waals surface area contributed by atoms with Gasteiger partial charge in [0, 0.05) is 17.7 Å². The lowest BCUT2D eigenvalue weighted by molar-refractivity contribution is -0.384. The molecule has 0 aliphatic carbocycles. The Balaban J connectivity index is 2.02. The van der Waals surface area contributed by atoms with Crippen molar-refractivity contribution in [3.8, 4) is 0 Å². The van der Waals surface area contributed by atoms with E-state index in [4.69, 9.17) is 4.52 Å². The fourth-order valence-electron chi connectivity index (χ4n) is 1.92. The topological polar surface area (TPSA) is 86.2 Å². The molecule has 0 unspecified atom stereocenters. The molecule has 0 N–H and O–H groups in total. The molecule has 2 aromatic carbocycles. The van der Waals surface area contributed by atoms with Crippen LogP contribution in [-0.4, -0.2) is 15.9 Å². The van der Waals surface area contributed by atoms with E-state index in [2.05, 4.69) is 5.16 Å². The summed E-state index contributed by atoms with van der Waals surface area (Å²) in [6.45, 7) is 0. The van der Waals surface area contributed by atoms with Crippen LogP contribution in [0.4, 0.5) is 5.69 Å². The third kappa shape index (κ3) is 1.93. The molecule has 0 saturated heterocycles. The van der Waals surface area contributed by atoms with E-state index < -0.39 is 4.92 Å². The number of hydrogen-bond donors (Lipinski definition) is 0. The molecule has 0 spiro atoms. The molecular formula is C14H8N2O4. The minimum atomic E-state index is -0.516. The van der Waals surface area contributed by atoms with Crippen LogP contribution in [0.25, 0.3) is 10.9 Å². The second-order valence-corrected chi connectivity index (χ2v) is 4.16. The van der Waals surface area contributed by atoms with Crippen molar-refractivity contribution in [2.45, 2.75) is 0 Å². The third-order valence-electron chi connectivity index (χ3n) is 2.93. The van der Waals surface area contributed by atoms with Gasteiger partial charge in [-0.15, -0.1) is 0 Å². The SMILES string of the molecule is O=C(c1ccc([N+](=O)[O-])cc1)c1onc2ccccc12. The smallest absolute Gasteiger partial charge is 0.269 e. The second kappa shape index (κ2) is 4.58. The fourth-order valence-corrected chi connectivity index (χ4v) is 1.92. The first kappa shape index (κ1) is 12.0. The lowest BCUT2D eigenvalue weighted by Gasteiger charge is -1.97. The van der Waals surface area contributed by atoms with Gasteiger partial charge >= 0.3 is 0 Å². The number of rotatable bonds is 3. The molecule has 98 valence electrons. The van der Waals surface area contributed by atoms with E-state index in [9.17, 15) is 14.9 Å². The van der Waals surface area contributed by atoms with Crippen LogP contribution in [0.2, 0.25) is 0 Å². The van der Waals surface area contributed by atoms with E-state index in [1.54, 1.807) is 24.3 Å². The number of carbonyl (C=O) groups is 1. The van der Waals surface area contributed by atoms with E-state index in [0.29, 0.717) is 16.5 Å². The van der Waals surface area contributed by atoms with Gasteiger partial charge in [0.05, 0.1) is 10.3 Å². The van der Waals surface area contributed by atoms with Gasteiger partial charge in [0.1, 0.15) is 5.52 Å². The molecule has 0 amide bonds. The molecule has 6 nitrogen and oxygen atoms in total. The molecule has 0 fully saturated rings. The monoisotopic (exact) mass is 268 g/mol. The summed E-state index contributed by atoms with van der Waals surface area (Å²) in [4.78, 5) is 22.4.